The van der Waals surface area contributed by atoms with Crippen molar-refractivity contribution in [2.24, 2.45) is 5.41 Å². The molecule has 8 heteroatoms. The molecular weight excluding hydrogens is 368 g/mol. The highest BCUT2D eigenvalue weighted by atomic mass is 35.5. The highest BCUT2D eigenvalue weighted by molar-refractivity contribution is 5.95. The van der Waals surface area contributed by atoms with Crippen LogP contribution in [0.5, 0.6) is 5.75 Å². The molecule has 2 aromatic rings. The number of hydrogen-bond acceptors (Lipinski definition) is 5. The third-order valence-electron chi connectivity index (χ3n) is 4.88. The van der Waals surface area contributed by atoms with Gasteiger partial charge in [-0.2, -0.15) is 5.10 Å². The number of aromatic nitrogens is 2. The van der Waals surface area contributed by atoms with E-state index in [9.17, 15) is 4.79 Å². The Morgan fingerprint density at radius 2 is 1.96 bits per heavy atom. The van der Waals surface area contributed by atoms with Gasteiger partial charge in [0, 0.05) is 19.1 Å². The minimum absolute atomic E-state index is 0. The van der Waals surface area contributed by atoms with Gasteiger partial charge in [-0.3, -0.25) is 4.79 Å². The summed E-state index contributed by atoms with van der Waals surface area (Å²) < 4.78 is 12.4. The molecule has 148 valence electrons. The molecule has 1 aliphatic rings. The molecule has 0 unspecified atom stereocenters. The second kappa shape index (κ2) is 9.73. The van der Waals surface area contributed by atoms with Crippen molar-refractivity contribution in [2.45, 2.75) is 12.8 Å². The van der Waals surface area contributed by atoms with Crippen molar-refractivity contribution in [2.75, 3.05) is 40.5 Å². The maximum atomic E-state index is 12.7. The summed E-state index contributed by atoms with van der Waals surface area (Å²) in [6.07, 6.45) is 3.66. The average molecular weight is 395 g/mol. The van der Waals surface area contributed by atoms with Crippen molar-refractivity contribution in [3.8, 4) is 11.4 Å². The second-order valence-electron chi connectivity index (χ2n) is 6.69. The quantitative estimate of drug-likeness (QED) is 0.751. The lowest BCUT2D eigenvalue weighted by Crippen LogP contribution is -2.47. The van der Waals surface area contributed by atoms with Gasteiger partial charge < -0.3 is 20.1 Å². The number of rotatable bonds is 7. The van der Waals surface area contributed by atoms with E-state index in [4.69, 9.17) is 9.47 Å². The van der Waals surface area contributed by atoms with Crippen LogP contribution in [-0.2, 0) is 4.74 Å². The van der Waals surface area contributed by atoms with Crippen LogP contribution < -0.4 is 15.4 Å². The van der Waals surface area contributed by atoms with E-state index in [0.29, 0.717) is 18.9 Å². The highest BCUT2D eigenvalue weighted by Crippen LogP contribution is 2.28. The Morgan fingerprint density at radius 1 is 1.26 bits per heavy atom. The molecule has 0 atom stereocenters. The Bertz CT molecular complexity index is 724. The van der Waals surface area contributed by atoms with Crippen LogP contribution in [0.2, 0.25) is 0 Å². The van der Waals surface area contributed by atoms with Crippen molar-refractivity contribution in [1.29, 1.82) is 0 Å². The molecule has 3 rings (SSSR count). The minimum atomic E-state index is -0.231. The van der Waals surface area contributed by atoms with Gasteiger partial charge in [0.05, 0.1) is 25.6 Å². The van der Waals surface area contributed by atoms with Crippen molar-refractivity contribution in [3.05, 3.63) is 42.2 Å². The topological polar surface area (TPSA) is 77.4 Å². The lowest BCUT2D eigenvalue weighted by molar-refractivity contribution is 0.0510. The standard InChI is InChI=1S/C19H26N4O3.ClH/c1-25-14-19(8-10-20-11-9-19)13-21-18(24)17-16(26-2)12-23(22-17)15-6-4-3-5-7-15;/h3-7,12,20H,8-11,13-14H2,1-2H3,(H,21,24);1H. The fourth-order valence-corrected chi connectivity index (χ4v) is 3.36. The maximum absolute atomic E-state index is 12.7. The minimum Gasteiger partial charge on any atom is -0.493 e. The SMILES string of the molecule is COCC1(CNC(=O)c2nn(-c3ccccc3)cc2OC)CCNCC1.Cl. The second-order valence-corrected chi connectivity index (χ2v) is 6.69. The van der Waals surface area contributed by atoms with Gasteiger partial charge in [-0.05, 0) is 38.1 Å². The summed E-state index contributed by atoms with van der Waals surface area (Å²) in [7, 11) is 3.25. The molecule has 1 aromatic carbocycles. The Morgan fingerprint density at radius 3 is 2.59 bits per heavy atom. The molecule has 1 fully saturated rings. The van der Waals surface area contributed by atoms with Gasteiger partial charge in [0.15, 0.2) is 11.4 Å². The summed E-state index contributed by atoms with van der Waals surface area (Å²) in [6, 6.07) is 9.64. The van der Waals surface area contributed by atoms with Crippen LogP contribution in [0, 0.1) is 5.41 Å². The van der Waals surface area contributed by atoms with Gasteiger partial charge in [-0.15, -0.1) is 12.4 Å². The Kier molecular flexibility index (Phi) is 7.65. The molecule has 1 aliphatic heterocycles. The van der Waals surface area contributed by atoms with E-state index in [1.807, 2.05) is 30.3 Å². The number of carbonyl (C=O) groups excluding carboxylic acids is 1. The van der Waals surface area contributed by atoms with Gasteiger partial charge in [0.1, 0.15) is 0 Å². The average Bonchev–Trinajstić information content (AvgIpc) is 3.12. The first-order valence-corrected chi connectivity index (χ1v) is 8.84. The fraction of sp³-hybridized carbons (Fsp3) is 0.474. The number of halogens is 1. The fourth-order valence-electron chi connectivity index (χ4n) is 3.36. The molecule has 1 saturated heterocycles. The number of hydrogen-bond donors (Lipinski definition) is 2. The van der Waals surface area contributed by atoms with Crippen molar-refractivity contribution in [1.82, 2.24) is 20.4 Å². The number of methoxy groups -OCH3 is 2. The number of ether oxygens (including phenoxy) is 2. The van der Waals surface area contributed by atoms with E-state index in [1.54, 1.807) is 25.1 Å². The monoisotopic (exact) mass is 394 g/mol. The molecular formula is C19H27ClN4O3. The smallest absolute Gasteiger partial charge is 0.275 e. The lowest BCUT2D eigenvalue weighted by Gasteiger charge is -2.37. The Hall–Kier alpha value is -2.09. The zero-order valence-corrected chi connectivity index (χ0v) is 16.6. The number of piperidine rings is 1. The summed E-state index contributed by atoms with van der Waals surface area (Å²) in [6.45, 7) is 3.06. The van der Waals surface area contributed by atoms with E-state index in [-0.39, 0.29) is 29.4 Å². The number of benzene rings is 1. The predicted molar refractivity (Wildman–Crippen MR) is 106 cm³/mol. The van der Waals surface area contributed by atoms with Gasteiger partial charge >= 0.3 is 0 Å². The third-order valence-corrected chi connectivity index (χ3v) is 4.88. The van der Waals surface area contributed by atoms with Crippen molar-refractivity contribution < 1.29 is 14.3 Å². The largest absolute Gasteiger partial charge is 0.493 e. The van der Waals surface area contributed by atoms with E-state index in [0.717, 1.165) is 31.6 Å². The molecule has 1 aromatic heterocycles. The van der Waals surface area contributed by atoms with Gasteiger partial charge in [0.2, 0.25) is 0 Å². The molecule has 27 heavy (non-hydrogen) atoms. The number of amides is 1. The van der Waals surface area contributed by atoms with E-state index < -0.39 is 0 Å². The molecule has 0 radical (unpaired) electrons. The van der Waals surface area contributed by atoms with Crippen molar-refractivity contribution >= 4 is 18.3 Å². The summed E-state index contributed by atoms with van der Waals surface area (Å²) >= 11 is 0. The maximum Gasteiger partial charge on any atom is 0.275 e. The van der Waals surface area contributed by atoms with Gasteiger partial charge in [-0.25, -0.2) is 4.68 Å². The molecule has 0 spiro atoms. The summed E-state index contributed by atoms with van der Waals surface area (Å²) in [5.74, 6) is 0.225. The lowest BCUT2D eigenvalue weighted by atomic mass is 9.79. The summed E-state index contributed by atoms with van der Waals surface area (Å²) in [5, 5.41) is 10.8. The number of nitrogens with zero attached hydrogens (tertiary/aromatic N) is 2. The molecule has 2 heterocycles. The number of para-hydroxylation sites is 1. The highest BCUT2D eigenvalue weighted by Gasteiger charge is 2.33. The van der Waals surface area contributed by atoms with Crippen LogP contribution in [0.4, 0.5) is 0 Å². The van der Waals surface area contributed by atoms with Crippen LogP contribution in [0.25, 0.3) is 5.69 Å². The Balaban J connectivity index is 0.00000261. The van der Waals surface area contributed by atoms with E-state index in [2.05, 4.69) is 15.7 Å². The molecule has 0 bridgehead atoms. The van der Waals surface area contributed by atoms with Crippen LogP contribution in [0.15, 0.2) is 36.5 Å². The zero-order valence-electron chi connectivity index (χ0n) is 15.7. The van der Waals surface area contributed by atoms with Crippen LogP contribution >= 0.6 is 12.4 Å². The van der Waals surface area contributed by atoms with E-state index in [1.165, 1.54) is 0 Å². The van der Waals surface area contributed by atoms with Crippen molar-refractivity contribution in [3.63, 3.8) is 0 Å². The molecule has 1 amide bonds. The third kappa shape index (κ3) is 5.00. The molecule has 0 aliphatic carbocycles. The Labute approximate surface area is 165 Å². The first-order chi connectivity index (χ1) is 12.7. The number of carbonyl (C=O) groups is 1. The van der Waals surface area contributed by atoms with Crippen LogP contribution in [0.3, 0.4) is 0 Å². The molecule has 2 N–H and O–H groups in total. The van der Waals surface area contributed by atoms with E-state index >= 15 is 0 Å². The molecule has 0 saturated carbocycles. The summed E-state index contributed by atoms with van der Waals surface area (Å²) in [4.78, 5) is 12.7. The van der Waals surface area contributed by atoms with Gasteiger partial charge in [0.25, 0.3) is 5.91 Å². The van der Waals surface area contributed by atoms with Crippen LogP contribution in [0.1, 0.15) is 23.3 Å². The van der Waals surface area contributed by atoms with Crippen LogP contribution in [-0.4, -0.2) is 56.1 Å². The molecule has 7 nitrogen and oxygen atoms in total. The summed E-state index contributed by atoms with van der Waals surface area (Å²) in [5.41, 5.74) is 1.13. The predicted octanol–water partition coefficient (Wildman–Crippen LogP) is 2.05. The zero-order chi connectivity index (χ0) is 18.4. The first kappa shape index (κ1) is 21.2. The first-order valence-electron chi connectivity index (χ1n) is 8.84. The normalized spacial score (nSPS) is 15.6. The van der Waals surface area contributed by atoms with Gasteiger partial charge in [-0.1, -0.05) is 18.2 Å². The number of nitrogens with one attached hydrogen (secondary N) is 2.